The van der Waals surface area contributed by atoms with Gasteiger partial charge in [-0.2, -0.15) is 4.31 Å². The molecular formula is C21H26N2O5S. The molecule has 0 atom stereocenters. The molecule has 1 amide bonds. The Balaban J connectivity index is 1.71. The lowest BCUT2D eigenvalue weighted by atomic mass is 10.1. The molecule has 0 spiro atoms. The highest BCUT2D eigenvalue weighted by Crippen LogP contribution is 2.26. The molecule has 1 N–H and O–H groups in total. The van der Waals surface area contributed by atoms with Crippen molar-refractivity contribution in [2.24, 2.45) is 0 Å². The average molecular weight is 419 g/mol. The molecule has 8 heteroatoms. The fraction of sp³-hybridized carbons (Fsp3) is 0.381. The van der Waals surface area contributed by atoms with Gasteiger partial charge < -0.3 is 14.8 Å². The standard InChI is InChI=1S/C21H26N2O5S/c1-16-3-6-18(7-4-16)22-21(24)10-5-17-15-19(8-9-20(17)27-2)29(25,26)23-11-13-28-14-12-23/h3-4,6-9,15H,5,10-14H2,1-2H3,(H,22,24). The van der Waals surface area contributed by atoms with E-state index in [0.717, 1.165) is 11.3 Å². The van der Waals surface area contributed by atoms with E-state index >= 15 is 0 Å². The first kappa shape index (κ1) is 21.3. The number of hydrogen-bond acceptors (Lipinski definition) is 5. The van der Waals surface area contributed by atoms with Crippen LogP contribution in [0.1, 0.15) is 17.5 Å². The van der Waals surface area contributed by atoms with E-state index in [1.165, 1.54) is 11.4 Å². The predicted molar refractivity (Wildman–Crippen MR) is 111 cm³/mol. The van der Waals surface area contributed by atoms with E-state index in [1.807, 2.05) is 31.2 Å². The van der Waals surface area contributed by atoms with Crippen molar-refractivity contribution in [2.45, 2.75) is 24.7 Å². The Morgan fingerprint density at radius 3 is 2.48 bits per heavy atom. The van der Waals surface area contributed by atoms with Gasteiger partial charge in [-0.15, -0.1) is 0 Å². The molecule has 0 unspecified atom stereocenters. The minimum Gasteiger partial charge on any atom is -0.496 e. The molecule has 0 radical (unpaired) electrons. The van der Waals surface area contributed by atoms with Crippen LogP contribution in [0.25, 0.3) is 0 Å². The van der Waals surface area contributed by atoms with Gasteiger partial charge in [-0.25, -0.2) is 8.42 Å². The first-order chi connectivity index (χ1) is 13.9. The van der Waals surface area contributed by atoms with Crippen molar-refractivity contribution >= 4 is 21.6 Å². The molecule has 3 rings (SSSR count). The minimum atomic E-state index is -3.60. The van der Waals surface area contributed by atoms with E-state index in [0.29, 0.717) is 44.0 Å². The van der Waals surface area contributed by atoms with E-state index in [-0.39, 0.29) is 17.2 Å². The highest BCUT2D eigenvalue weighted by atomic mass is 32.2. The van der Waals surface area contributed by atoms with Gasteiger partial charge in [0.1, 0.15) is 5.75 Å². The Morgan fingerprint density at radius 1 is 1.14 bits per heavy atom. The molecule has 0 aliphatic carbocycles. The van der Waals surface area contributed by atoms with Crippen molar-refractivity contribution in [1.29, 1.82) is 0 Å². The number of methoxy groups -OCH3 is 1. The highest BCUT2D eigenvalue weighted by Gasteiger charge is 2.27. The summed E-state index contributed by atoms with van der Waals surface area (Å²) >= 11 is 0. The molecule has 0 saturated carbocycles. The van der Waals surface area contributed by atoms with Crippen molar-refractivity contribution in [2.75, 3.05) is 38.7 Å². The number of anilines is 1. The number of carbonyl (C=O) groups excluding carboxylic acids is 1. The largest absolute Gasteiger partial charge is 0.496 e. The molecule has 29 heavy (non-hydrogen) atoms. The molecule has 0 bridgehead atoms. The number of ether oxygens (including phenoxy) is 2. The van der Waals surface area contributed by atoms with Crippen LogP contribution in [0.5, 0.6) is 5.75 Å². The first-order valence-corrected chi connectivity index (χ1v) is 11.0. The number of rotatable bonds is 7. The second-order valence-electron chi connectivity index (χ2n) is 6.90. The third-order valence-electron chi connectivity index (χ3n) is 4.82. The molecule has 1 saturated heterocycles. The second kappa shape index (κ2) is 9.39. The van der Waals surface area contributed by atoms with Crippen LogP contribution < -0.4 is 10.1 Å². The zero-order chi connectivity index (χ0) is 20.9. The Hall–Kier alpha value is -2.42. The smallest absolute Gasteiger partial charge is 0.243 e. The first-order valence-electron chi connectivity index (χ1n) is 9.51. The van der Waals surface area contributed by atoms with Crippen LogP contribution in [-0.4, -0.2) is 52.0 Å². The van der Waals surface area contributed by atoms with Crippen LogP contribution in [0.15, 0.2) is 47.4 Å². The number of nitrogens with one attached hydrogen (secondary N) is 1. The summed E-state index contributed by atoms with van der Waals surface area (Å²) in [6.45, 7) is 3.43. The number of aryl methyl sites for hydroxylation is 2. The van der Waals surface area contributed by atoms with Gasteiger partial charge in [0.2, 0.25) is 15.9 Å². The Kier molecular flexibility index (Phi) is 6.89. The van der Waals surface area contributed by atoms with Gasteiger partial charge in [-0.05, 0) is 49.2 Å². The van der Waals surface area contributed by atoms with Crippen LogP contribution in [0, 0.1) is 6.92 Å². The zero-order valence-electron chi connectivity index (χ0n) is 16.7. The van der Waals surface area contributed by atoms with E-state index in [9.17, 15) is 13.2 Å². The molecule has 0 aromatic heterocycles. The quantitative estimate of drug-likeness (QED) is 0.747. The Bertz CT molecular complexity index is 952. The fourth-order valence-electron chi connectivity index (χ4n) is 3.16. The topological polar surface area (TPSA) is 84.9 Å². The molecule has 2 aromatic carbocycles. The van der Waals surface area contributed by atoms with Crippen molar-refractivity contribution < 1.29 is 22.7 Å². The summed E-state index contributed by atoms with van der Waals surface area (Å²) in [7, 11) is -2.07. The maximum Gasteiger partial charge on any atom is 0.243 e. The lowest BCUT2D eigenvalue weighted by molar-refractivity contribution is -0.116. The third kappa shape index (κ3) is 5.35. The monoisotopic (exact) mass is 418 g/mol. The molecule has 1 aliphatic rings. The number of hydrogen-bond donors (Lipinski definition) is 1. The summed E-state index contributed by atoms with van der Waals surface area (Å²) in [5.74, 6) is 0.423. The fourth-order valence-corrected chi connectivity index (χ4v) is 4.61. The van der Waals surface area contributed by atoms with E-state index < -0.39 is 10.0 Å². The van der Waals surface area contributed by atoms with Crippen molar-refractivity contribution in [3.05, 3.63) is 53.6 Å². The molecule has 2 aromatic rings. The van der Waals surface area contributed by atoms with Crippen molar-refractivity contribution in [1.82, 2.24) is 4.31 Å². The van der Waals surface area contributed by atoms with Gasteiger partial charge in [0.15, 0.2) is 0 Å². The highest BCUT2D eigenvalue weighted by molar-refractivity contribution is 7.89. The van der Waals surface area contributed by atoms with Crippen LogP contribution in [0.2, 0.25) is 0 Å². The number of morpholine rings is 1. The lowest BCUT2D eigenvalue weighted by Gasteiger charge is -2.26. The SMILES string of the molecule is COc1ccc(S(=O)(=O)N2CCOCC2)cc1CCC(=O)Nc1ccc(C)cc1. The minimum absolute atomic E-state index is 0.141. The van der Waals surface area contributed by atoms with Crippen molar-refractivity contribution in [3.8, 4) is 5.75 Å². The Morgan fingerprint density at radius 2 is 1.83 bits per heavy atom. The lowest BCUT2D eigenvalue weighted by Crippen LogP contribution is -2.40. The molecule has 156 valence electrons. The van der Waals surface area contributed by atoms with E-state index in [1.54, 1.807) is 18.2 Å². The maximum atomic E-state index is 12.9. The number of carbonyl (C=O) groups is 1. The predicted octanol–water partition coefficient (Wildman–Crippen LogP) is 2.60. The number of nitrogens with zero attached hydrogens (tertiary/aromatic N) is 1. The molecule has 1 heterocycles. The maximum absolute atomic E-state index is 12.9. The van der Waals surface area contributed by atoms with Gasteiger partial charge in [0.05, 0.1) is 25.2 Å². The molecule has 1 aliphatic heterocycles. The number of benzene rings is 2. The van der Waals surface area contributed by atoms with Gasteiger partial charge in [-0.1, -0.05) is 17.7 Å². The van der Waals surface area contributed by atoms with Crippen molar-refractivity contribution in [3.63, 3.8) is 0 Å². The summed E-state index contributed by atoms with van der Waals surface area (Å²) < 4.78 is 37.8. The summed E-state index contributed by atoms with van der Waals surface area (Å²) in [5.41, 5.74) is 2.53. The molecule has 1 fully saturated rings. The third-order valence-corrected chi connectivity index (χ3v) is 6.71. The second-order valence-corrected chi connectivity index (χ2v) is 8.84. The van der Waals surface area contributed by atoms with Crippen LogP contribution in [0.4, 0.5) is 5.69 Å². The molecule has 7 nitrogen and oxygen atoms in total. The Labute approximate surface area is 171 Å². The van der Waals surface area contributed by atoms with Gasteiger partial charge >= 0.3 is 0 Å². The van der Waals surface area contributed by atoms with Crippen LogP contribution in [0.3, 0.4) is 0 Å². The summed E-state index contributed by atoms with van der Waals surface area (Å²) in [5, 5.41) is 2.85. The van der Waals surface area contributed by atoms with Gasteiger partial charge in [0, 0.05) is 25.2 Å². The van der Waals surface area contributed by atoms with Gasteiger partial charge in [0.25, 0.3) is 0 Å². The van der Waals surface area contributed by atoms with Gasteiger partial charge in [-0.3, -0.25) is 4.79 Å². The molecular weight excluding hydrogens is 392 g/mol. The zero-order valence-corrected chi connectivity index (χ0v) is 17.5. The normalized spacial score (nSPS) is 15.1. The van der Waals surface area contributed by atoms with Crippen LogP contribution in [-0.2, 0) is 26.0 Å². The summed E-state index contributed by atoms with van der Waals surface area (Å²) in [6.07, 6.45) is 0.582. The summed E-state index contributed by atoms with van der Waals surface area (Å²) in [4.78, 5) is 12.5. The van der Waals surface area contributed by atoms with Crippen LogP contribution >= 0.6 is 0 Å². The van der Waals surface area contributed by atoms with E-state index in [4.69, 9.17) is 9.47 Å². The van der Waals surface area contributed by atoms with E-state index in [2.05, 4.69) is 5.32 Å². The average Bonchev–Trinajstić information content (AvgIpc) is 2.74. The summed E-state index contributed by atoms with van der Waals surface area (Å²) in [6, 6.07) is 12.3. The number of sulfonamides is 1. The number of amides is 1.